The summed E-state index contributed by atoms with van der Waals surface area (Å²) in [7, 11) is 0. The van der Waals surface area contributed by atoms with E-state index in [4.69, 9.17) is 10.5 Å². The Balaban J connectivity index is 2.33. The molecular formula is C12H12F5NO2. The van der Waals surface area contributed by atoms with Crippen LogP contribution in [0.2, 0.25) is 0 Å². The van der Waals surface area contributed by atoms with Crippen LogP contribution in [0.1, 0.15) is 18.0 Å². The molecule has 1 heterocycles. The lowest BCUT2D eigenvalue weighted by Crippen LogP contribution is -2.46. The monoisotopic (exact) mass is 297 g/mol. The highest BCUT2D eigenvalue weighted by Crippen LogP contribution is 2.41. The molecule has 0 radical (unpaired) electrons. The van der Waals surface area contributed by atoms with Crippen molar-refractivity contribution >= 4 is 0 Å². The molecule has 2 rings (SSSR count). The van der Waals surface area contributed by atoms with Gasteiger partial charge < -0.3 is 15.2 Å². The number of alkyl halides is 5. The van der Waals surface area contributed by atoms with E-state index < -0.39 is 37.1 Å². The smallest absolute Gasteiger partial charge is 0.481 e. The van der Waals surface area contributed by atoms with Gasteiger partial charge in [-0.15, -0.1) is 13.2 Å². The van der Waals surface area contributed by atoms with Gasteiger partial charge >= 0.3 is 6.36 Å². The summed E-state index contributed by atoms with van der Waals surface area (Å²) in [6, 6.07) is 2.58. The van der Waals surface area contributed by atoms with Crippen LogP contribution in [0.5, 0.6) is 11.5 Å². The summed E-state index contributed by atoms with van der Waals surface area (Å²) in [5.41, 5.74) is 4.41. The standard InChI is InChI=1S/C12H12F5NO2/c13-5-11(6-14)4-9(18)8-2-1-7(3-10(8)20-11)19-12(15,16)17/h1-3,9H,4-6,18H2/t9-/m1/s1. The predicted octanol–water partition coefficient (Wildman–Crippen LogP) is 3.05. The van der Waals surface area contributed by atoms with Gasteiger partial charge in [0.25, 0.3) is 0 Å². The lowest BCUT2D eigenvalue weighted by Gasteiger charge is -2.37. The fourth-order valence-corrected chi connectivity index (χ4v) is 2.09. The first-order chi connectivity index (χ1) is 9.28. The second-order valence-electron chi connectivity index (χ2n) is 4.61. The Morgan fingerprint density at radius 1 is 1.30 bits per heavy atom. The van der Waals surface area contributed by atoms with Gasteiger partial charge in [0.2, 0.25) is 0 Å². The van der Waals surface area contributed by atoms with Crippen LogP contribution in [0.15, 0.2) is 18.2 Å². The van der Waals surface area contributed by atoms with Crippen molar-refractivity contribution in [1.82, 2.24) is 0 Å². The molecule has 0 aliphatic carbocycles. The Morgan fingerprint density at radius 3 is 2.50 bits per heavy atom. The molecule has 1 atom stereocenters. The zero-order valence-electron chi connectivity index (χ0n) is 10.2. The van der Waals surface area contributed by atoms with Crippen molar-refractivity contribution < 1.29 is 31.4 Å². The van der Waals surface area contributed by atoms with Gasteiger partial charge in [-0.2, -0.15) is 0 Å². The van der Waals surface area contributed by atoms with Crippen molar-refractivity contribution in [3.8, 4) is 11.5 Å². The number of hydrogen-bond donors (Lipinski definition) is 1. The molecule has 1 aliphatic rings. The molecule has 0 aromatic heterocycles. The lowest BCUT2D eigenvalue weighted by atomic mass is 9.89. The van der Waals surface area contributed by atoms with Crippen LogP contribution in [0, 0.1) is 0 Å². The van der Waals surface area contributed by atoms with Gasteiger partial charge in [0.1, 0.15) is 24.8 Å². The molecule has 2 N–H and O–H groups in total. The van der Waals surface area contributed by atoms with Crippen molar-refractivity contribution in [1.29, 1.82) is 0 Å². The maximum Gasteiger partial charge on any atom is 0.573 e. The van der Waals surface area contributed by atoms with Gasteiger partial charge in [0.15, 0.2) is 5.60 Å². The van der Waals surface area contributed by atoms with Crippen molar-refractivity contribution in [2.75, 3.05) is 13.3 Å². The second-order valence-corrected chi connectivity index (χ2v) is 4.61. The zero-order valence-corrected chi connectivity index (χ0v) is 10.2. The third-order valence-corrected chi connectivity index (χ3v) is 3.02. The number of benzene rings is 1. The molecule has 112 valence electrons. The molecule has 1 aliphatic heterocycles. The largest absolute Gasteiger partial charge is 0.573 e. The molecule has 3 nitrogen and oxygen atoms in total. The van der Waals surface area contributed by atoms with Crippen molar-refractivity contribution in [2.45, 2.75) is 24.4 Å². The Morgan fingerprint density at radius 2 is 1.95 bits per heavy atom. The topological polar surface area (TPSA) is 44.5 Å². The summed E-state index contributed by atoms with van der Waals surface area (Å²) in [6.07, 6.45) is -4.95. The van der Waals surface area contributed by atoms with Crippen LogP contribution in [0.4, 0.5) is 22.0 Å². The molecule has 1 aromatic rings. The first-order valence-corrected chi connectivity index (χ1v) is 5.75. The molecule has 0 fully saturated rings. The van der Waals surface area contributed by atoms with Crippen LogP contribution < -0.4 is 15.2 Å². The normalized spacial score (nSPS) is 21.0. The van der Waals surface area contributed by atoms with Gasteiger partial charge in [-0.3, -0.25) is 0 Å². The first kappa shape index (κ1) is 14.8. The molecule has 0 bridgehead atoms. The third-order valence-electron chi connectivity index (χ3n) is 3.02. The molecule has 0 saturated heterocycles. The van der Waals surface area contributed by atoms with E-state index in [0.29, 0.717) is 5.56 Å². The lowest BCUT2D eigenvalue weighted by molar-refractivity contribution is -0.274. The fourth-order valence-electron chi connectivity index (χ4n) is 2.09. The SMILES string of the molecule is N[C@@H]1CC(CF)(CF)Oc2cc(OC(F)(F)F)ccc21. The maximum absolute atomic E-state index is 12.9. The number of rotatable bonds is 3. The molecule has 0 saturated carbocycles. The highest BCUT2D eigenvalue weighted by atomic mass is 19.4. The van der Waals surface area contributed by atoms with Gasteiger partial charge in [-0.25, -0.2) is 8.78 Å². The molecule has 0 amide bonds. The van der Waals surface area contributed by atoms with E-state index in [2.05, 4.69) is 4.74 Å². The number of fused-ring (bicyclic) bond motifs is 1. The van der Waals surface area contributed by atoms with E-state index in [1.807, 2.05) is 0 Å². The zero-order chi connectivity index (χ0) is 15.0. The van der Waals surface area contributed by atoms with Gasteiger partial charge in [0, 0.05) is 24.1 Å². The molecule has 20 heavy (non-hydrogen) atoms. The Labute approximate surface area is 111 Å². The average molecular weight is 297 g/mol. The van der Waals surface area contributed by atoms with Crippen LogP contribution in [0.3, 0.4) is 0 Å². The van der Waals surface area contributed by atoms with E-state index in [0.717, 1.165) is 12.1 Å². The van der Waals surface area contributed by atoms with Gasteiger partial charge in [-0.05, 0) is 6.07 Å². The summed E-state index contributed by atoms with van der Waals surface area (Å²) < 4.78 is 71.2. The Bertz CT molecular complexity index is 487. The number of halogens is 5. The minimum absolute atomic E-state index is 0.0908. The molecule has 8 heteroatoms. The van der Waals surface area contributed by atoms with E-state index in [1.165, 1.54) is 6.07 Å². The average Bonchev–Trinajstić information content (AvgIpc) is 2.36. The van der Waals surface area contributed by atoms with Crippen LogP contribution in [0.25, 0.3) is 0 Å². The molecule has 0 unspecified atom stereocenters. The molecule has 1 aromatic carbocycles. The summed E-state index contributed by atoms with van der Waals surface area (Å²) in [5, 5.41) is 0. The summed E-state index contributed by atoms with van der Waals surface area (Å²) >= 11 is 0. The summed E-state index contributed by atoms with van der Waals surface area (Å²) in [6.45, 7) is -2.25. The minimum atomic E-state index is -4.86. The fraction of sp³-hybridized carbons (Fsp3) is 0.500. The van der Waals surface area contributed by atoms with Crippen molar-refractivity contribution in [3.05, 3.63) is 23.8 Å². The molecule has 0 spiro atoms. The Kier molecular flexibility index (Phi) is 3.77. The van der Waals surface area contributed by atoms with Crippen molar-refractivity contribution in [2.24, 2.45) is 5.73 Å². The predicted molar refractivity (Wildman–Crippen MR) is 60.0 cm³/mol. The van der Waals surface area contributed by atoms with Gasteiger partial charge in [-0.1, -0.05) is 6.07 Å². The van der Waals surface area contributed by atoms with Gasteiger partial charge in [0.05, 0.1) is 0 Å². The van der Waals surface area contributed by atoms with E-state index in [1.54, 1.807) is 0 Å². The quantitative estimate of drug-likeness (QED) is 0.872. The summed E-state index contributed by atoms with van der Waals surface area (Å²) in [4.78, 5) is 0. The highest BCUT2D eigenvalue weighted by Gasteiger charge is 2.41. The highest BCUT2D eigenvalue weighted by molar-refractivity contribution is 5.44. The van der Waals surface area contributed by atoms with E-state index in [9.17, 15) is 22.0 Å². The second kappa shape index (κ2) is 5.08. The maximum atomic E-state index is 12.9. The van der Waals surface area contributed by atoms with Crippen LogP contribution in [-0.2, 0) is 0 Å². The number of ether oxygens (including phenoxy) is 2. The number of nitrogens with two attached hydrogens (primary N) is 1. The van der Waals surface area contributed by atoms with Crippen molar-refractivity contribution in [3.63, 3.8) is 0 Å². The van der Waals surface area contributed by atoms with E-state index in [-0.39, 0.29) is 12.2 Å². The Hall–Kier alpha value is -1.57. The van der Waals surface area contributed by atoms with Crippen LogP contribution in [-0.4, -0.2) is 25.3 Å². The molecular weight excluding hydrogens is 285 g/mol. The minimum Gasteiger partial charge on any atom is -0.481 e. The van der Waals surface area contributed by atoms with Crippen LogP contribution >= 0.6 is 0 Å². The van der Waals surface area contributed by atoms with E-state index >= 15 is 0 Å². The first-order valence-electron chi connectivity index (χ1n) is 5.75. The summed E-state index contributed by atoms with van der Waals surface area (Å²) in [5.74, 6) is -0.627. The number of hydrogen-bond acceptors (Lipinski definition) is 3. The third kappa shape index (κ3) is 2.95.